The Labute approximate surface area is 109 Å². The molecule has 1 aromatic carbocycles. The molecule has 0 fully saturated rings. The van der Waals surface area contributed by atoms with E-state index in [2.05, 4.69) is 6.58 Å². The number of allylic oxidation sites excluding steroid dienone is 1. The fourth-order valence-electron chi connectivity index (χ4n) is 1.46. The Morgan fingerprint density at radius 1 is 1.33 bits per heavy atom. The first kappa shape index (κ1) is 16.9. The molecule has 0 saturated carbocycles. The molecule has 1 nitrogen and oxygen atoms in total. The zero-order valence-corrected chi connectivity index (χ0v) is 10.3. The summed E-state index contributed by atoms with van der Waals surface area (Å²) in [4.78, 5) is 0. The van der Waals surface area contributed by atoms with Gasteiger partial charge in [0.25, 0.3) is 0 Å². The van der Waals surface area contributed by atoms with Crippen LogP contribution in [0.15, 0.2) is 30.9 Å². The molecule has 0 amide bonds. The average Bonchev–Trinajstić information content (AvgIpc) is 2.23. The van der Waals surface area contributed by atoms with Gasteiger partial charge in [-0.05, 0) is 30.5 Å². The first-order chi connectivity index (χ1) is 7.86. The normalized spacial score (nSPS) is 12.7. The minimum Gasteiger partial charge on any atom is -0.324 e. The van der Waals surface area contributed by atoms with Gasteiger partial charge in [-0.3, -0.25) is 0 Å². The zero-order chi connectivity index (χ0) is 13.1. The summed E-state index contributed by atoms with van der Waals surface area (Å²) in [5, 5.41) is 0. The first-order valence-corrected chi connectivity index (χ1v) is 5.09. The van der Waals surface area contributed by atoms with Gasteiger partial charge >= 0.3 is 6.18 Å². The Balaban J connectivity index is 0.00000289. The summed E-state index contributed by atoms with van der Waals surface area (Å²) in [6.07, 6.45) is -1.87. The van der Waals surface area contributed by atoms with E-state index in [9.17, 15) is 17.6 Å². The molecule has 1 aromatic rings. The smallest absolute Gasteiger partial charge is 0.324 e. The fourth-order valence-corrected chi connectivity index (χ4v) is 1.46. The van der Waals surface area contributed by atoms with E-state index in [0.29, 0.717) is 18.4 Å². The molecule has 0 unspecified atom stereocenters. The predicted octanol–water partition coefficient (Wildman–Crippen LogP) is 4.23. The number of halogens is 5. The average molecular weight is 284 g/mol. The molecule has 2 N–H and O–H groups in total. The van der Waals surface area contributed by atoms with Gasteiger partial charge in [0.15, 0.2) is 0 Å². The second-order valence-corrected chi connectivity index (χ2v) is 3.71. The number of benzene rings is 1. The van der Waals surface area contributed by atoms with Crippen molar-refractivity contribution in [1.29, 1.82) is 0 Å². The van der Waals surface area contributed by atoms with Crippen LogP contribution >= 0.6 is 12.4 Å². The van der Waals surface area contributed by atoms with Crippen LogP contribution in [0.1, 0.15) is 30.0 Å². The predicted molar refractivity (Wildman–Crippen MR) is 65.0 cm³/mol. The molecule has 102 valence electrons. The van der Waals surface area contributed by atoms with Crippen LogP contribution in [0.25, 0.3) is 0 Å². The van der Waals surface area contributed by atoms with E-state index in [1.165, 1.54) is 6.07 Å². The van der Waals surface area contributed by atoms with E-state index in [4.69, 9.17) is 5.73 Å². The lowest BCUT2D eigenvalue weighted by atomic mass is 10.0. The molecule has 0 spiro atoms. The van der Waals surface area contributed by atoms with E-state index >= 15 is 0 Å². The second-order valence-electron chi connectivity index (χ2n) is 3.71. The maximum atomic E-state index is 13.2. The maximum absolute atomic E-state index is 13.2. The minimum atomic E-state index is -4.67. The summed E-state index contributed by atoms with van der Waals surface area (Å²) in [6.45, 7) is 3.51. The van der Waals surface area contributed by atoms with Gasteiger partial charge in [0.1, 0.15) is 5.82 Å². The second kappa shape index (κ2) is 6.75. The van der Waals surface area contributed by atoms with Crippen molar-refractivity contribution in [2.45, 2.75) is 25.1 Å². The number of hydrogen-bond acceptors (Lipinski definition) is 1. The van der Waals surface area contributed by atoms with E-state index < -0.39 is 23.6 Å². The fraction of sp³-hybridized carbons (Fsp3) is 0.333. The molecule has 0 aliphatic heterocycles. The van der Waals surface area contributed by atoms with Crippen molar-refractivity contribution in [3.8, 4) is 0 Å². The molecule has 0 aromatic heterocycles. The Morgan fingerprint density at radius 3 is 2.39 bits per heavy atom. The van der Waals surface area contributed by atoms with E-state index in [1.807, 2.05) is 0 Å². The number of alkyl halides is 3. The molecule has 0 saturated heterocycles. The highest BCUT2D eigenvalue weighted by molar-refractivity contribution is 5.85. The minimum absolute atomic E-state index is 0. The maximum Gasteiger partial charge on any atom is 0.419 e. The van der Waals surface area contributed by atoms with Crippen molar-refractivity contribution in [3.05, 3.63) is 47.8 Å². The number of rotatable bonds is 4. The van der Waals surface area contributed by atoms with E-state index in [1.54, 1.807) is 6.08 Å². The number of nitrogens with two attached hydrogens (primary N) is 1. The van der Waals surface area contributed by atoms with Crippen LogP contribution in [0.4, 0.5) is 17.6 Å². The van der Waals surface area contributed by atoms with Crippen molar-refractivity contribution in [2.24, 2.45) is 5.73 Å². The van der Waals surface area contributed by atoms with Crippen LogP contribution < -0.4 is 5.73 Å². The standard InChI is InChI=1S/C12H13F4N.ClH/c1-2-3-4-11(17)8-5-6-9(10(13)7-8)12(14,15)16;/h2,5-7,11H,1,3-4,17H2;1H/t11-;/m0./s1. The largest absolute Gasteiger partial charge is 0.419 e. The summed E-state index contributed by atoms with van der Waals surface area (Å²) in [6, 6.07) is 2.29. The van der Waals surface area contributed by atoms with Crippen LogP contribution in [0, 0.1) is 5.82 Å². The highest BCUT2D eigenvalue weighted by Gasteiger charge is 2.34. The van der Waals surface area contributed by atoms with Gasteiger partial charge in [-0.15, -0.1) is 19.0 Å². The van der Waals surface area contributed by atoms with Crippen molar-refractivity contribution in [1.82, 2.24) is 0 Å². The van der Waals surface area contributed by atoms with Gasteiger partial charge < -0.3 is 5.73 Å². The van der Waals surface area contributed by atoms with Crippen molar-refractivity contribution >= 4 is 12.4 Å². The van der Waals surface area contributed by atoms with E-state index in [-0.39, 0.29) is 12.4 Å². The lowest BCUT2D eigenvalue weighted by Gasteiger charge is -2.13. The van der Waals surface area contributed by atoms with Gasteiger partial charge in [0.05, 0.1) is 5.56 Å². The molecule has 0 aliphatic carbocycles. The molecule has 1 rings (SSSR count). The molecule has 0 aliphatic rings. The SMILES string of the molecule is C=CCC[C@H](N)c1ccc(C(F)(F)F)c(F)c1.Cl. The summed E-state index contributed by atoms with van der Waals surface area (Å²) < 4.78 is 50.1. The van der Waals surface area contributed by atoms with Crippen LogP contribution in [-0.2, 0) is 6.18 Å². The summed E-state index contributed by atoms with van der Waals surface area (Å²) >= 11 is 0. The topological polar surface area (TPSA) is 26.0 Å². The molecule has 0 bridgehead atoms. The van der Waals surface area contributed by atoms with Crippen molar-refractivity contribution in [2.75, 3.05) is 0 Å². The van der Waals surface area contributed by atoms with Gasteiger partial charge in [-0.1, -0.05) is 12.1 Å². The summed E-state index contributed by atoms with van der Waals surface area (Å²) in [7, 11) is 0. The molecule has 18 heavy (non-hydrogen) atoms. The summed E-state index contributed by atoms with van der Waals surface area (Å²) in [5.41, 5.74) is 4.81. The third-order valence-electron chi connectivity index (χ3n) is 2.41. The Bertz CT molecular complexity index is 404. The van der Waals surface area contributed by atoms with Crippen LogP contribution in [0.3, 0.4) is 0 Å². The number of hydrogen-bond donors (Lipinski definition) is 1. The van der Waals surface area contributed by atoms with Gasteiger partial charge in [0, 0.05) is 6.04 Å². The zero-order valence-electron chi connectivity index (χ0n) is 9.51. The first-order valence-electron chi connectivity index (χ1n) is 5.09. The summed E-state index contributed by atoms with van der Waals surface area (Å²) in [5.74, 6) is -1.29. The van der Waals surface area contributed by atoms with Crippen LogP contribution in [0.5, 0.6) is 0 Å². The van der Waals surface area contributed by atoms with Crippen LogP contribution in [-0.4, -0.2) is 0 Å². The Hall–Kier alpha value is -1.07. The van der Waals surface area contributed by atoms with Gasteiger partial charge in [0.2, 0.25) is 0 Å². The van der Waals surface area contributed by atoms with Crippen molar-refractivity contribution in [3.63, 3.8) is 0 Å². The monoisotopic (exact) mass is 283 g/mol. The molecular formula is C12H14ClF4N. The van der Waals surface area contributed by atoms with Crippen molar-refractivity contribution < 1.29 is 17.6 Å². The van der Waals surface area contributed by atoms with Crippen LogP contribution in [0.2, 0.25) is 0 Å². The lowest BCUT2D eigenvalue weighted by Crippen LogP contribution is -2.13. The quantitative estimate of drug-likeness (QED) is 0.649. The highest BCUT2D eigenvalue weighted by atomic mass is 35.5. The third-order valence-corrected chi connectivity index (χ3v) is 2.41. The molecule has 0 heterocycles. The van der Waals surface area contributed by atoms with Gasteiger partial charge in [-0.25, -0.2) is 4.39 Å². The molecule has 0 radical (unpaired) electrons. The van der Waals surface area contributed by atoms with Gasteiger partial charge in [-0.2, -0.15) is 13.2 Å². The lowest BCUT2D eigenvalue weighted by molar-refractivity contribution is -0.140. The molecule has 1 atom stereocenters. The Morgan fingerprint density at radius 2 is 1.94 bits per heavy atom. The third kappa shape index (κ3) is 4.31. The Kier molecular flexibility index (Phi) is 6.35. The molecule has 6 heteroatoms. The molecular weight excluding hydrogens is 270 g/mol. The highest BCUT2D eigenvalue weighted by Crippen LogP contribution is 2.32. The van der Waals surface area contributed by atoms with E-state index in [0.717, 1.165) is 12.1 Å².